The van der Waals surface area contributed by atoms with E-state index in [-0.39, 0.29) is 0 Å². The van der Waals surface area contributed by atoms with Gasteiger partial charge in [0.1, 0.15) is 5.37 Å². The molecule has 2 atom stereocenters. The molecule has 3 rings (SSSR count). The highest BCUT2D eigenvalue weighted by atomic mass is 32.2. The molecular formula is C23H31NO2S2. The monoisotopic (exact) mass is 417 g/mol. The summed E-state index contributed by atoms with van der Waals surface area (Å²) in [6.07, 6.45) is 3.80. The van der Waals surface area contributed by atoms with Gasteiger partial charge in [0.05, 0.1) is 4.90 Å². The minimum atomic E-state index is -3.38. The van der Waals surface area contributed by atoms with E-state index in [0.29, 0.717) is 22.5 Å². The standard InChI is InChI=1S/C23H31NO2S2/c1-19(2)15-16-23(28(25,26)22-13-7-4-8-14-22)24-17-9-12-21(18-24)27-20-10-5-3-6-11-20/h3-8,10-11,13-14,19,21,23H,9,12,15-18H2,1-2H3. The first-order valence-electron chi connectivity index (χ1n) is 10.2. The van der Waals surface area contributed by atoms with Crippen molar-refractivity contribution < 1.29 is 8.42 Å². The summed E-state index contributed by atoms with van der Waals surface area (Å²) in [7, 11) is -3.38. The fourth-order valence-electron chi connectivity index (χ4n) is 3.79. The van der Waals surface area contributed by atoms with Crippen LogP contribution >= 0.6 is 11.8 Å². The van der Waals surface area contributed by atoms with Gasteiger partial charge in [-0.2, -0.15) is 0 Å². The number of nitrogens with zero attached hydrogens (tertiary/aromatic N) is 1. The molecule has 0 N–H and O–H groups in total. The predicted molar refractivity (Wildman–Crippen MR) is 118 cm³/mol. The number of rotatable bonds is 8. The van der Waals surface area contributed by atoms with Crippen molar-refractivity contribution in [1.29, 1.82) is 0 Å². The van der Waals surface area contributed by atoms with Crippen molar-refractivity contribution in [1.82, 2.24) is 4.90 Å². The maximum Gasteiger partial charge on any atom is 0.194 e. The topological polar surface area (TPSA) is 37.4 Å². The van der Waals surface area contributed by atoms with E-state index in [1.165, 1.54) is 4.90 Å². The van der Waals surface area contributed by atoms with Crippen LogP contribution in [0, 0.1) is 5.92 Å². The van der Waals surface area contributed by atoms with Gasteiger partial charge in [0.2, 0.25) is 0 Å². The van der Waals surface area contributed by atoms with Crippen LogP contribution in [0.4, 0.5) is 0 Å². The number of thioether (sulfide) groups is 1. The summed E-state index contributed by atoms with van der Waals surface area (Å²) in [5.41, 5.74) is 0. The van der Waals surface area contributed by atoms with E-state index in [9.17, 15) is 8.42 Å². The average Bonchev–Trinajstić information content (AvgIpc) is 2.69. The van der Waals surface area contributed by atoms with Gasteiger partial charge in [0, 0.05) is 16.7 Å². The maximum atomic E-state index is 13.5. The molecular weight excluding hydrogens is 386 g/mol. The molecule has 2 aromatic carbocycles. The minimum Gasteiger partial charge on any atom is -0.286 e. The van der Waals surface area contributed by atoms with Crippen LogP contribution in [-0.2, 0) is 9.84 Å². The summed E-state index contributed by atoms with van der Waals surface area (Å²) in [6.45, 7) is 6.02. The van der Waals surface area contributed by atoms with E-state index < -0.39 is 15.2 Å². The molecule has 2 unspecified atom stereocenters. The normalized spacial score (nSPS) is 19.6. The molecule has 0 aliphatic carbocycles. The van der Waals surface area contributed by atoms with Gasteiger partial charge in [-0.25, -0.2) is 8.42 Å². The van der Waals surface area contributed by atoms with Gasteiger partial charge in [0.15, 0.2) is 9.84 Å². The molecule has 2 aromatic rings. The molecule has 5 heteroatoms. The molecule has 0 aromatic heterocycles. The minimum absolute atomic E-state index is 0.434. The second-order valence-corrected chi connectivity index (χ2v) is 11.5. The first kappa shape index (κ1) is 21.4. The zero-order chi connectivity index (χ0) is 20.0. The molecule has 3 nitrogen and oxygen atoms in total. The quantitative estimate of drug-likeness (QED) is 0.570. The second kappa shape index (κ2) is 9.95. The number of hydrogen-bond donors (Lipinski definition) is 0. The third-order valence-corrected chi connectivity index (χ3v) is 8.73. The number of piperidine rings is 1. The Kier molecular flexibility index (Phi) is 7.61. The molecule has 0 spiro atoms. The number of hydrogen-bond acceptors (Lipinski definition) is 4. The van der Waals surface area contributed by atoms with Crippen LogP contribution in [0.5, 0.6) is 0 Å². The Morgan fingerprint density at radius 1 is 1.00 bits per heavy atom. The summed E-state index contributed by atoms with van der Waals surface area (Å²) >= 11 is 1.88. The van der Waals surface area contributed by atoms with Crippen molar-refractivity contribution in [3.05, 3.63) is 60.7 Å². The van der Waals surface area contributed by atoms with E-state index in [0.717, 1.165) is 32.4 Å². The van der Waals surface area contributed by atoms with Gasteiger partial charge in [-0.05, 0) is 62.4 Å². The molecule has 0 radical (unpaired) electrons. The maximum absolute atomic E-state index is 13.5. The van der Waals surface area contributed by atoms with Crippen molar-refractivity contribution in [2.45, 2.75) is 59.9 Å². The van der Waals surface area contributed by atoms with Crippen molar-refractivity contribution >= 4 is 21.6 Å². The van der Waals surface area contributed by atoms with Crippen molar-refractivity contribution in [2.75, 3.05) is 13.1 Å². The van der Waals surface area contributed by atoms with Gasteiger partial charge in [0.25, 0.3) is 0 Å². The van der Waals surface area contributed by atoms with E-state index in [4.69, 9.17) is 0 Å². The highest BCUT2D eigenvalue weighted by Gasteiger charge is 2.35. The fraction of sp³-hybridized carbons (Fsp3) is 0.478. The van der Waals surface area contributed by atoms with E-state index in [2.05, 4.69) is 43.0 Å². The second-order valence-electron chi connectivity index (χ2n) is 7.97. The zero-order valence-corrected chi connectivity index (χ0v) is 18.5. The Hall–Kier alpha value is -1.30. The first-order valence-corrected chi connectivity index (χ1v) is 12.6. The number of sulfone groups is 1. The number of likely N-dealkylation sites (tertiary alicyclic amines) is 1. The van der Waals surface area contributed by atoms with Crippen LogP contribution in [0.2, 0.25) is 0 Å². The van der Waals surface area contributed by atoms with Crippen LogP contribution < -0.4 is 0 Å². The first-order chi connectivity index (χ1) is 13.5. The van der Waals surface area contributed by atoms with Gasteiger partial charge in [-0.1, -0.05) is 50.2 Å². The molecule has 0 saturated carbocycles. The van der Waals surface area contributed by atoms with Crippen LogP contribution in [0.25, 0.3) is 0 Å². The molecule has 28 heavy (non-hydrogen) atoms. The third-order valence-electron chi connectivity index (χ3n) is 5.28. The van der Waals surface area contributed by atoms with Gasteiger partial charge in [-0.3, -0.25) is 4.90 Å². The molecule has 152 valence electrons. The lowest BCUT2D eigenvalue weighted by Crippen LogP contribution is -2.47. The Labute approximate surface area is 174 Å². The van der Waals surface area contributed by atoms with Crippen molar-refractivity contribution in [3.8, 4) is 0 Å². The fourth-order valence-corrected chi connectivity index (χ4v) is 6.92. The van der Waals surface area contributed by atoms with Gasteiger partial charge in [-0.15, -0.1) is 11.8 Å². The zero-order valence-electron chi connectivity index (χ0n) is 16.8. The third kappa shape index (κ3) is 5.62. The van der Waals surface area contributed by atoms with E-state index in [1.54, 1.807) is 12.1 Å². The SMILES string of the molecule is CC(C)CCC(N1CCCC(Sc2ccccc2)C1)S(=O)(=O)c1ccccc1. The number of benzene rings is 2. The van der Waals surface area contributed by atoms with Gasteiger partial charge >= 0.3 is 0 Å². The summed E-state index contributed by atoms with van der Waals surface area (Å²) in [4.78, 5) is 3.94. The lowest BCUT2D eigenvalue weighted by Gasteiger charge is -2.38. The predicted octanol–water partition coefficient (Wildman–Crippen LogP) is 5.48. The average molecular weight is 418 g/mol. The summed E-state index contributed by atoms with van der Waals surface area (Å²) in [5.74, 6) is 0.493. The van der Waals surface area contributed by atoms with Gasteiger partial charge < -0.3 is 0 Å². The summed E-state index contributed by atoms with van der Waals surface area (Å²) in [6, 6.07) is 19.4. The molecule has 0 bridgehead atoms. The summed E-state index contributed by atoms with van der Waals surface area (Å²) < 4.78 is 26.9. The Morgan fingerprint density at radius 3 is 2.29 bits per heavy atom. The smallest absolute Gasteiger partial charge is 0.194 e. The van der Waals surface area contributed by atoms with E-state index >= 15 is 0 Å². The molecule has 1 saturated heterocycles. The molecule has 1 aliphatic rings. The largest absolute Gasteiger partial charge is 0.286 e. The van der Waals surface area contributed by atoms with Crippen LogP contribution in [0.1, 0.15) is 39.5 Å². The molecule has 0 amide bonds. The van der Waals surface area contributed by atoms with Crippen LogP contribution in [-0.4, -0.2) is 37.0 Å². The van der Waals surface area contributed by atoms with Crippen molar-refractivity contribution in [2.24, 2.45) is 5.92 Å². The Bertz CT molecular complexity index is 822. The van der Waals surface area contributed by atoms with Crippen molar-refractivity contribution in [3.63, 3.8) is 0 Å². The highest BCUT2D eigenvalue weighted by molar-refractivity contribution is 8.00. The summed E-state index contributed by atoms with van der Waals surface area (Å²) in [5, 5.41) is 0.000136. The molecule has 1 heterocycles. The Balaban J connectivity index is 1.79. The molecule has 1 fully saturated rings. The van der Waals surface area contributed by atoms with Crippen LogP contribution in [0.3, 0.4) is 0 Å². The highest BCUT2D eigenvalue weighted by Crippen LogP contribution is 2.33. The van der Waals surface area contributed by atoms with E-state index in [1.807, 2.05) is 36.0 Å². The van der Waals surface area contributed by atoms with Crippen LogP contribution in [0.15, 0.2) is 70.5 Å². The lowest BCUT2D eigenvalue weighted by atomic mass is 10.1. The molecule has 1 aliphatic heterocycles. The Morgan fingerprint density at radius 2 is 1.64 bits per heavy atom. The lowest BCUT2D eigenvalue weighted by molar-refractivity contribution is 0.199.